The second-order valence-corrected chi connectivity index (χ2v) is 3.33. The third-order valence-corrected chi connectivity index (χ3v) is 2.06. The summed E-state index contributed by atoms with van der Waals surface area (Å²) in [5.41, 5.74) is 1.76. The van der Waals surface area contributed by atoms with E-state index in [-0.39, 0.29) is 6.42 Å². The molecule has 0 aliphatic heterocycles. The fraction of sp³-hybridized carbons (Fsp3) is 0.364. The minimum atomic E-state index is -0.696. The van der Waals surface area contributed by atoms with Crippen molar-refractivity contribution in [3.05, 3.63) is 29.8 Å². The van der Waals surface area contributed by atoms with Gasteiger partial charge in [0.15, 0.2) is 0 Å². The molecule has 1 aromatic rings. The molecule has 0 amide bonds. The van der Waals surface area contributed by atoms with Crippen LogP contribution in [0.4, 0.5) is 5.69 Å². The zero-order valence-corrected chi connectivity index (χ0v) is 8.44. The van der Waals surface area contributed by atoms with Crippen molar-refractivity contribution in [1.29, 1.82) is 5.26 Å². The van der Waals surface area contributed by atoms with Crippen molar-refractivity contribution in [2.45, 2.75) is 12.5 Å². The Kier molecular flexibility index (Phi) is 3.49. The van der Waals surface area contributed by atoms with Crippen molar-refractivity contribution in [2.24, 2.45) is 0 Å². The summed E-state index contributed by atoms with van der Waals surface area (Å²) in [5.74, 6) is 0. The fourth-order valence-electron chi connectivity index (χ4n) is 1.37. The molecule has 0 radical (unpaired) electrons. The van der Waals surface area contributed by atoms with E-state index in [9.17, 15) is 5.11 Å². The van der Waals surface area contributed by atoms with Crippen molar-refractivity contribution >= 4 is 5.69 Å². The van der Waals surface area contributed by atoms with Crippen molar-refractivity contribution in [1.82, 2.24) is 0 Å². The van der Waals surface area contributed by atoms with Gasteiger partial charge in [-0.05, 0) is 6.07 Å². The molecule has 14 heavy (non-hydrogen) atoms. The van der Waals surface area contributed by atoms with E-state index >= 15 is 0 Å². The standard InChI is InChI=1S/C11H14N2O/c1-13(2)10-6-4-3-5-9(10)11(14)7-8-12/h3-6,11,14H,7H2,1-2H3. The summed E-state index contributed by atoms with van der Waals surface area (Å²) in [5, 5.41) is 18.2. The van der Waals surface area contributed by atoms with Gasteiger partial charge in [0.1, 0.15) is 0 Å². The summed E-state index contributed by atoms with van der Waals surface area (Å²) < 4.78 is 0. The Hall–Kier alpha value is -1.53. The molecule has 1 N–H and O–H groups in total. The molecule has 0 bridgehead atoms. The average molecular weight is 190 g/mol. The number of rotatable bonds is 3. The molecule has 1 rings (SSSR count). The Labute approximate surface area is 84.2 Å². The minimum Gasteiger partial charge on any atom is -0.387 e. The van der Waals surface area contributed by atoms with Crippen LogP contribution in [0.25, 0.3) is 0 Å². The predicted octanol–water partition coefficient (Wildman–Crippen LogP) is 1.70. The minimum absolute atomic E-state index is 0.130. The highest BCUT2D eigenvalue weighted by molar-refractivity contribution is 5.53. The van der Waals surface area contributed by atoms with Crippen LogP contribution in [0.2, 0.25) is 0 Å². The lowest BCUT2D eigenvalue weighted by atomic mass is 10.0. The zero-order valence-electron chi connectivity index (χ0n) is 8.44. The number of aliphatic hydroxyl groups excluding tert-OH is 1. The summed E-state index contributed by atoms with van der Waals surface area (Å²) in [6, 6.07) is 9.51. The van der Waals surface area contributed by atoms with Crippen LogP contribution in [0, 0.1) is 11.3 Å². The van der Waals surface area contributed by atoms with Gasteiger partial charge < -0.3 is 10.0 Å². The summed E-state index contributed by atoms with van der Waals surface area (Å²) >= 11 is 0. The highest BCUT2D eigenvalue weighted by atomic mass is 16.3. The predicted molar refractivity (Wildman–Crippen MR) is 56.0 cm³/mol. The van der Waals surface area contributed by atoms with Crippen LogP contribution >= 0.6 is 0 Å². The molecule has 1 aromatic carbocycles. The first-order chi connectivity index (χ1) is 6.66. The smallest absolute Gasteiger partial charge is 0.0939 e. The van der Waals surface area contributed by atoms with Gasteiger partial charge in [-0.2, -0.15) is 5.26 Å². The van der Waals surface area contributed by atoms with Crippen LogP contribution < -0.4 is 4.90 Å². The molecule has 0 aromatic heterocycles. The quantitative estimate of drug-likeness (QED) is 0.789. The van der Waals surface area contributed by atoms with Crippen molar-refractivity contribution in [3.8, 4) is 6.07 Å². The number of nitrogens with zero attached hydrogens (tertiary/aromatic N) is 2. The Morgan fingerprint density at radius 3 is 2.64 bits per heavy atom. The maximum absolute atomic E-state index is 9.70. The van der Waals surface area contributed by atoms with E-state index in [1.54, 1.807) is 0 Å². The van der Waals surface area contributed by atoms with Crippen LogP contribution in [0.15, 0.2) is 24.3 Å². The molecule has 0 saturated carbocycles. The maximum atomic E-state index is 9.70. The number of para-hydroxylation sites is 1. The summed E-state index contributed by atoms with van der Waals surface area (Å²) in [4.78, 5) is 1.93. The number of hydrogen-bond acceptors (Lipinski definition) is 3. The number of hydrogen-bond donors (Lipinski definition) is 1. The second-order valence-electron chi connectivity index (χ2n) is 3.33. The van der Waals surface area contributed by atoms with E-state index in [2.05, 4.69) is 0 Å². The van der Waals surface area contributed by atoms with E-state index in [1.165, 1.54) is 0 Å². The SMILES string of the molecule is CN(C)c1ccccc1C(O)CC#N. The molecule has 0 saturated heterocycles. The van der Waals surface area contributed by atoms with Gasteiger partial charge >= 0.3 is 0 Å². The maximum Gasteiger partial charge on any atom is 0.0939 e. The molecule has 74 valence electrons. The van der Waals surface area contributed by atoms with Crippen molar-refractivity contribution in [2.75, 3.05) is 19.0 Å². The second kappa shape index (κ2) is 4.64. The van der Waals surface area contributed by atoms with Gasteiger partial charge in [-0.1, -0.05) is 18.2 Å². The fourth-order valence-corrected chi connectivity index (χ4v) is 1.37. The topological polar surface area (TPSA) is 47.3 Å². The van der Waals surface area contributed by atoms with Crippen LogP contribution in [0.5, 0.6) is 0 Å². The molecular formula is C11H14N2O. The van der Waals surface area contributed by atoms with E-state index in [0.29, 0.717) is 0 Å². The molecular weight excluding hydrogens is 176 g/mol. The van der Waals surface area contributed by atoms with Gasteiger partial charge in [-0.15, -0.1) is 0 Å². The van der Waals surface area contributed by atoms with Crippen molar-refractivity contribution in [3.63, 3.8) is 0 Å². The first-order valence-electron chi connectivity index (χ1n) is 4.48. The van der Waals surface area contributed by atoms with Gasteiger partial charge in [0.05, 0.1) is 18.6 Å². The van der Waals surface area contributed by atoms with E-state index in [0.717, 1.165) is 11.3 Å². The summed E-state index contributed by atoms with van der Waals surface area (Å²) in [6.45, 7) is 0. The van der Waals surface area contributed by atoms with Crippen LogP contribution in [0.3, 0.4) is 0 Å². The lowest BCUT2D eigenvalue weighted by Crippen LogP contribution is -2.12. The van der Waals surface area contributed by atoms with Gasteiger partial charge in [0.2, 0.25) is 0 Å². The Balaban J connectivity index is 3.01. The number of nitriles is 1. The molecule has 3 nitrogen and oxygen atoms in total. The Morgan fingerprint density at radius 1 is 1.43 bits per heavy atom. The summed E-state index contributed by atoms with van der Waals surface area (Å²) in [6.07, 6.45) is -0.566. The lowest BCUT2D eigenvalue weighted by molar-refractivity contribution is 0.184. The first kappa shape index (κ1) is 10.6. The van der Waals surface area contributed by atoms with E-state index < -0.39 is 6.10 Å². The third-order valence-electron chi connectivity index (χ3n) is 2.06. The van der Waals surface area contributed by atoms with Gasteiger partial charge in [0.25, 0.3) is 0 Å². The van der Waals surface area contributed by atoms with Gasteiger partial charge in [0, 0.05) is 25.3 Å². The molecule has 0 aliphatic carbocycles. The molecule has 0 spiro atoms. The number of benzene rings is 1. The number of aliphatic hydroxyl groups is 1. The first-order valence-corrected chi connectivity index (χ1v) is 4.48. The molecule has 0 fully saturated rings. The van der Waals surface area contributed by atoms with E-state index in [4.69, 9.17) is 5.26 Å². The largest absolute Gasteiger partial charge is 0.387 e. The molecule has 0 heterocycles. The molecule has 0 aliphatic rings. The highest BCUT2D eigenvalue weighted by Crippen LogP contribution is 2.26. The van der Waals surface area contributed by atoms with Crippen LogP contribution in [0.1, 0.15) is 18.1 Å². The Bertz CT molecular complexity index is 341. The van der Waals surface area contributed by atoms with Gasteiger partial charge in [-0.3, -0.25) is 0 Å². The van der Waals surface area contributed by atoms with Crippen LogP contribution in [-0.4, -0.2) is 19.2 Å². The number of anilines is 1. The lowest BCUT2D eigenvalue weighted by Gasteiger charge is -2.19. The molecule has 1 unspecified atom stereocenters. The van der Waals surface area contributed by atoms with E-state index in [1.807, 2.05) is 49.3 Å². The average Bonchev–Trinajstić information content (AvgIpc) is 2.18. The van der Waals surface area contributed by atoms with Crippen molar-refractivity contribution < 1.29 is 5.11 Å². The highest BCUT2D eigenvalue weighted by Gasteiger charge is 2.12. The van der Waals surface area contributed by atoms with Gasteiger partial charge in [-0.25, -0.2) is 0 Å². The monoisotopic (exact) mass is 190 g/mol. The third kappa shape index (κ3) is 2.24. The summed E-state index contributed by atoms with van der Waals surface area (Å²) in [7, 11) is 3.83. The normalized spacial score (nSPS) is 11.9. The zero-order chi connectivity index (χ0) is 10.6. The van der Waals surface area contributed by atoms with Crippen LogP contribution in [-0.2, 0) is 0 Å². The molecule has 3 heteroatoms. The molecule has 1 atom stereocenters. The Morgan fingerprint density at radius 2 is 2.07 bits per heavy atom.